The fraction of sp³-hybridized carbons (Fsp3) is 0.538. The summed E-state index contributed by atoms with van der Waals surface area (Å²) >= 11 is 7.83. The first-order valence-electron chi connectivity index (χ1n) is 5.69. The van der Waals surface area contributed by atoms with Crippen LogP contribution in [0.3, 0.4) is 0 Å². The molecule has 1 aromatic rings. The quantitative estimate of drug-likeness (QED) is 0.769. The number of hydrogen-bond donors (Lipinski definition) is 1. The summed E-state index contributed by atoms with van der Waals surface area (Å²) in [5, 5.41) is 0. The zero-order valence-electron chi connectivity index (χ0n) is 9.87. The normalized spacial score (nSPS) is 12.5. The van der Waals surface area contributed by atoms with E-state index in [1.165, 1.54) is 5.56 Å². The van der Waals surface area contributed by atoms with Crippen molar-refractivity contribution in [3.63, 3.8) is 0 Å². The second-order valence-electron chi connectivity index (χ2n) is 4.09. The van der Waals surface area contributed by atoms with E-state index >= 15 is 0 Å². The molecule has 0 N–H and O–H groups in total. The summed E-state index contributed by atoms with van der Waals surface area (Å²) in [6.07, 6.45) is 2.06. The van der Waals surface area contributed by atoms with Crippen LogP contribution in [0.25, 0.3) is 0 Å². The van der Waals surface area contributed by atoms with Crippen molar-refractivity contribution in [1.82, 2.24) is 0 Å². The van der Waals surface area contributed by atoms with Crippen LogP contribution < -0.4 is 4.74 Å². The average Bonchev–Trinajstić information content (AvgIpc) is 2.28. The third kappa shape index (κ3) is 4.38. The summed E-state index contributed by atoms with van der Waals surface area (Å²) in [5.74, 6) is 2.49. The number of rotatable bonds is 6. The van der Waals surface area contributed by atoms with Crippen molar-refractivity contribution in [3.8, 4) is 5.75 Å². The van der Waals surface area contributed by atoms with Crippen molar-refractivity contribution < 1.29 is 4.74 Å². The van der Waals surface area contributed by atoms with Gasteiger partial charge in [0.05, 0.1) is 6.61 Å². The van der Waals surface area contributed by atoms with Gasteiger partial charge in [-0.25, -0.2) is 0 Å². The molecule has 3 heteroatoms. The number of hydrogen-bond acceptors (Lipinski definition) is 2. The lowest BCUT2D eigenvalue weighted by molar-refractivity contribution is 0.313. The summed E-state index contributed by atoms with van der Waals surface area (Å²) in [4.78, 5) is 0. The van der Waals surface area contributed by atoms with E-state index in [4.69, 9.17) is 4.74 Å². The van der Waals surface area contributed by atoms with Gasteiger partial charge in [-0.15, -0.1) is 0 Å². The van der Waals surface area contributed by atoms with Crippen molar-refractivity contribution >= 4 is 28.6 Å². The molecule has 0 saturated heterocycles. The summed E-state index contributed by atoms with van der Waals surface area (Å²) in [6, 6.07) is 6.21. The second-order valence-corrected chi connectivity index (χ2v) is 5.37. The van der Waals surface area contributed by atoms with Gasteiger partial charge in [-0.3, -0.25) is 0 Å². The minimum atomic E-state index is 0.571. The van der Waals surface area contributed by atoms with Gasteiger partial charge in [0.25, 0.3) is 0 Å². The van der Waals surface area contributed by atoms with Gasteiger partial charge in [0.2, 0.25) is 0 Å². The first-order valence-corrected chi connectivity index (χ1v) is 7.12. The summed E-state index contributed by atoms with van der Waals surface area (Å²) in [7, 11) is 0. The predicted molar refractivity (Wildman–Crippen MR) is 76.6 cm³/mol. The lowest BCUT2D eigenvalue weighted by Crippen LogP contribution is -2.05. The minimum Gasteiger partial charge on any atom is -0.493 e. The van der Waals surface area contributed by atoms with Crippen molar-refractivity contribution in [2.75, 3.05) is 12.4 Å². The van der Waals surface area contributed by atoms with Crippen LogP contribution in [-0.4, -0.2) is 12.4 Å². The summed E-state index contributed by atoms with van der Waals surface area (Å²) < 4.78 is 6.85. The molecule has 0 aliphatic rings. The molecule has 1 unspecified atom stereocenters. The predicted octanol–water partition coefficient (Wildman–Crippen LogP) is 4.35. The molecule has 0 saturated carbocycles. The smallest absolute Gasteiger partial charge is 0.122 e. The van der Waals surface area contributed by atoms with E-state index < -0.39 is 0 Å². The zero-order chi connectivity index (χ0) is 12.0. The van der Waals surface area contributed by atoms with E-state index in [2.05, 4.69) is 48.5 Å². The van der Waals surface area contributed by atoms with Crippen LogP contribution in [0.4, 0.5) is 0 Å². The van der Waals surface area contributed by atoms with Crippen LogP contribution in [0.5, 0.6) is 5.75 Å². The minimum absolute atomic E-state index is 0.571. The van der Waals surface area contributed by atoms with Crippen LogP contribution in [0, 0.1) is 5.92 Å². The van der Waals surface area contributed by atoms with Crippen LogP contribution >= 0.6 is 28.6 Å². The van der Waals surface area contributed by atoms with E-state index in [1.807, 2.05) is 12.1 Å². The fourth-order valence-electron chi connectivity index (χ4n) is 1.50. The number of thiol groups is 1. The lowest BCUT2D eigenvalue weighted by Gasteiger charge is -2.14. The van der Waals surface area contributed by atoms with Crippen LogP contribution in [-0.2, 0) is 6.42 Å². The number of ether oxygens (including phenoxy) is 1. The lowest BCUT2D eigenvalue weighted by atomic mass is 10.0. The largest absolute Gasteiger partial charge is 0.493 e. The molecule has 1 rings (SSSR count). The first kappa shape index (κ1) is 13.9. The monoisotopic (exact) mass is 302 g/mol. The molecule has 90 valence electrons. The Labute approximate surface area is 112 Å². The molecular weight excluding hydrogens is 284 g/mol. The highest BCUT2D eigenvalue weighted by molar-refractivity contribution is 9.10. The molecule has 16 heavy (non-hydrogen) atoms. The highest BCUT2D eigenvalue weighted by Gasteiger charge is 2.08. The Balaban J connectivity index is 2.80. The summed E-state index contributed by atoms with van der Waals surface area (Å²) in [6.45, 7) is 5.11. The maximum Gasteiger partial charge on any atom is 0.122 e. The third-order valence-corrected chi connectivity index (χ3v) is 3.48. The fourth-order valence-corrected chi connectivity index (χ4v) is 2.04. The Morgan fingerprint density at radius 3 is 2.81 bits per heavy atom. The Hall–Kier alpha value is -0.150. The third-order valence-electron chi connectivity index (χ3n) is 2.36. The van der Waals surface area contributed by atoms with Gasteiger partial charge in [0.15, 0.2) is 0 Å². The van der Waals surface area contributed by atoms with Gasteiger partial charge in [-0.2, -0.15) is 12.6 Å². The van der Waals surface area contributed by atoms with Crippen LogP contribution in [0.2, 0.25) is 0 Å². The van der Waals surface area contributed by atoms with E-state index in [1.54, 1.807) is 0 Å². The Bertz CT molecular complexity index is 328. The molecule has 0 amide bonds. The standard InChI is InChI=1S/C13H19BrOS/c1-3-6-15-13-5-4-12(14)8-11(13)7-10(2)9-16/h4-5,8,10,16H,3,6-7,9H2,1-2H3. The molecule has 0 aliphatic carbocycles. The highest BCUT2D eigenvalue weighted by atomic mass is 79.9. The number of halogens is 1. The highest BCUT2D eigenvalue weighted by Crippen LogP contribution is 2.26. The molecule has 0 spiro atoms. The van der Waals surface area contributed by atoms with Crippen molar-refractivity contribution in [3.05, 3.63) is 28.2 Å². The number of benzene rings is 1. The molecule has 0 aromatic heterocycles. The van der Waals surface area contributed by atoms with Gasteiger partial charge in [0.1, 0.15) is 5.75 Å². The Morgan fingerprint density at radius 1 is 1.44 bits per heavy atom. The molecule has 1 aromatic carbocycles. The van der Waals surface area contributed by atoms with E-state index in [9.17, 15) is 0 Å². The zero-order valence-corrected chi connectivity index (χ0v) is 12.4. The molecule has 0 heterocycles. The van der Waals surface area contributed by atoms with Crippen molar-refractivity contribution in [2.45, 2.75) is 26.7 Å². The maximum absolute atomic E-state index is 5.74. The molecule has 1 nitrogen and oxygen atoms in total. The van der Waals surface area contributed by atoms with E-state index in [0.29, 0.717) is 5.92 Å². The Kier molecular flexibility index (Phi) is 6.29. The molecular formula is C13H19BrOS. The average molecular weight is 303 g/mol. The van der Waals surface area contributed by atoms with Gasteiger partial charge in [-0.1, -0.05) is 29.8 Å². The van der Waals surface area contributed by atoms with Crippen LogP contribution in [0.1, 0.15) is 25.8 Å². The maximum atomic E-state index is 5.74. The second kappa shape index (κ2) is 7.23. The van der Waals surface area contributed by atoms with Gasteiger partial charge in [0, 0.05) is 4.47 Å². The molecule has 1 atom stereocenters. The molecule has 0 bridgehead atoms. The van der Waals surface area contributed by atoms with Crippen molar-refractivity contribution in [1.29, 1.82) is 0 Å². The van der Waals surface area contributed by atoms with E-state index in [-0.39, 0.29) is 0 Å². The van der Waals surface area contributed by atoms with Gasteiger partial charge < -0.3 is 4.74 Å². The molecule has 0 fully saturated rings. The summed E-state index contributed by atoms with van der Waals surface area (Å²) in [5.41, 5.74) is 1.27. The SMILES string of the molecule is CCCOc1ccc(Br)cc1CC(C)CS. The first-order chi connectivity index (χ1) is 7.67. The topological polar surface area (TPSA) is 9.23 Å². The van der Waals surface area contributed by atoms with Crippen LogP contribution in [0.15, 0.2) is 22.7 Å². The Morgan fingerprint density at radius 2 is 2.19 bits per heavy atom. The van der Waals surface area contributed by atoms with E-state index in [0.717, 1.165) is 35.4 Å². The van der Waals surface area contributed by atoms with Gasteiger partial charge >= 0.3 is 0 Å². The van der Waals surface area contributed by atoms with Crippen molar-refractivity contribution in [2.24, 2.45) is 5.92 Å². The van der Waals surface area contributed by atoms with Gasteiger partial charge in [-0.05, 0) is 48.3 Å². The molecule has 0 radical (unpaired) electrons. The molecule has 0 aliphatic heterocycles.